The van der Waals surface area contributed by atoms with E-state index in [1.807, 2.05) is 36.4 Å². The number of phenols is 1. The molecule has 1 aliphatic rings. The van der Waals surface area contributed by atoms with Crippen LogP contribution in [0.3, 0.4) is 0 Å². The van der Waals surface area contributed by atoms with Crippen molar-refractivity contribution in [3.63, 3.8) is 0 Å². The largest absolute Gasteiger partial charge is 0.507 e. The van der Waals surface area contributed by atoms with Crippen LogP contribution in [0.4, 0.5) is 10.5 Å². The molecule has 1 heterocycles. The number of aromatic nitrogens is 2. The molecule has 1 fully saturated rings. The van der Waals surface area contributed by atoms with Crippen LogP contribution in [0.1, 0.15) is 40.4 Å². The van der Waals surface area contributed by atoms with Crippen molar-refractivity contribution in [2.75, 3.05) is 5.32 Å². The number of carbonyl (C=O) groups excluding carboxylic acids is 2. The fraction of sp³-hybridized carbons (Fsp3) is 0.148. The molecule has 5 rings (SSSR count). The van der Waals surface area contributed by atoms with E-state index >= 15 is 0 Å². The third kappa shape index (κ3) is 5.08. The number of hydrogen-bond acceptors (Lipinski definition) is 4. The first-order valence-corrected chi connectivity index (χ1v) is 12.2. The molecule has 1 aromatic heterocycles. The van der Waals surface area contributed by atoms with Gasteiger partial charge in [-0.3, -0.25) is 4.79 Å². The predicted octanol–water partition coefficient (Wildman–Crippen LogP) is 6.45. The van der Waals surface area contributed by atoms with Gasteiger partial charge >= 0.3 is 6.03 Å². The van der Waals surface area contributed by atoms with Gasteiger partial charge in [0.15, 0.2) is 0 Å². The second kappa shape index (κ2) is 10.0. The van der Waals surface area contributed by atoms with Gasteiger partial charge in [-0.2, -0.15) is 9.78 Å². The van der Waals surface area contributed by atoms with E-state index in [1.165, 1.54) is 10.7 Å². The Morgan fingerprint density at radius 3 is 2.36 bits per heavy atom. The predicted molar refractivity (Wildman–Crippen MR) is 140 cm³/mol. The number of amides is 2. The number of halogens is 2. The van der Waals surface area contributed by atoms with E-state index in [1.54, 1.807) is 30.3 Å². The summed E-state index contributed by atoms with van der Waals surface area (Å²) in [5.41, 5.74) is 3.22. The van der Waals surface area contributed by atoms with Crippen molar-refractivity contribution in [3.8, 4) is 17.0 Å². The summed E-state index contributed by atoms with van der Waals surface area (Å²) in [6, 6.07) is 20.6. The third-order valence-electron chi connectivity index (χ3n) is 5.93. The standard InChI is InChI=1S/C27H22Cl2N4O3/c28-20-7-4-8-21(29)25(20)26(35)31-18-11-12-19(24(34)13-18)22-14-23(17-9-10-17)33(32-22)27(36)30-15-16-5-2-1-3-6-16/h1-8,11-14,17,34H,9-10,15H2,(H,30,36)(H,31,35). The van der Waals surface area contributed by atoms with Gasteiger partial charge in [-0.05, 0) is 48.7 Å². The fourth-order valence-corrected chi connectivity index (χ4v) is 4.51. The Kier molecular flexibility index (Phi) is 6.67. The van der Waals surface area contributed by atoms with Gasteiger partial charge in [-0.15, -0.1) is 0 Å². The number of nitrogens with zero attached hydrogens (tertiary/aromatic N) is 2. The van der Waals surface area contributed by atoms with Crippen molar-refractivity contribution >= 4 is 40.8 Å². The molecule has 1 saturated carbocycles. The van der Waals surface area contributed by atoms with Crippen molar-refractivity contribution in [1.82, 2.24) is 15.1 Å². The van der Waals surface area contributed by atoms with E-state index in [9.17, 15) is 14.7 Å². The Morgan fingerprint density at radius 2 is 1.69 bits per heavy atom. The van der Waals surface area contributed by atoms with Gasteiger partial charge in [0.1, 0.15) is 5.75 Å². The van der Waals surface area contributed by atoms with E-state index in [4.69, 9.17) is 23.2 Å². The lowest BCUT2D eigenvalue weighted by molar-refractivity contribution is 0.102. The molecule has 9 heteroatoms. The molecule has 0 saturated heterocycles. The molecule has 0 bridgehead atoms. The van der Waals surface area contributed by atoms with Gasteiger partial charge in [0.25, 0.3) is 5.91 Å². The Morgan fingerprint density at radius 1 is 0.972 bits per heavy atom. The Balaban J connectivity index is 1.36. The highest BCUT2D eigenvalue weighted by Crippen LogP contribution is 2.42. The molecule has 4 aromatic rings. The van der Waals surface area contributed by atoms with Crippen LogP contribution in [-0.2, 0) is 6.54 Å². The first-order valence-electron chi connectivity index (χ1n) is 11.4. The van der Waals surface area contributed by atoms with Gasteiger partial charge in [-0.1, -0.05) is 59.6 Å². The van der Waals surface area contributed by atoms with Crippen LogP contribution < -0.4 is 10.6 Å². The summed E-state index contributed by atoms with van der Waals surface area (Å²) in [7, 11) is 0. The van der Waals surface area contributed by atoms with Crippen molar-refractivity contribution < 1.29 is 14.7 Å². The van der Waals surface area contributed by atoms with Crippen molar-refractivity contribution in [3.05, 3.63) is 99.7 Å². The van der Waals surface area contributed by atoms with E-state index < -0.39 is 5.91 Å². The molecule has 7 nitrogen and oxygen atoms in total. The first-order chi connectivity index (χ1) is 17.4. The molecule has 3 N–H and O–H groups in total. The number of rotatable bonds is 6. The minimum atomic E-state index is -0.492. The molecular formula is C27H22Cl2N4O3. The molecule has 36 heavy (non-hydrogen) atoms. The van der Waals surface area contributed by atoms with Gasteiger partial charge in [-0.25, -0.2) is 4.79 Å². The average Bonchev–Trinajstić information content (AvgIpc) is 3.61. The summed E-state index contributed by atoms with van der Waals surface area (Å²) in [6.45, 7) is 0.383. The molecule has 0 aliphatic heterocycles. The Hall–Kier alpha value is -3.81. The van der Waals surface area contributed by atoms with Crippen LogP contribution in [0, 0.1) is 0 Å². The zero-order valence-electron chi connectivity index (χ0n) is 19.0. The second-order valence-corrected chi connectivity index (χ2v) is 9.38. The minimum absolute atomic E-state index is 0.0882. The number of benzene rings is 3. The van der Waals surface area contributed by atoms with Gasteiger partial charge < -0.3 is 15.7 Å². The second-order valence-electron chi connectivity index (χ2n) is 8.57. The maximum atomic E-state index is 12.9. The summed E-state index contributed by atoms with van der Waals surface area (Å²) < 4.78 is 1.38. The van der Waals surface area contributed by atoms with Gasteiger partial charge in [0.2, 0.25) is 0 Å². The first kappa shape index (κ1) is 23.9. The maximum absolute atomic E-state index is 12.9. The molecule has 0 radical (unpaired) electrons. The normalized spacial score (nSPS) is 12.8. The lowest BCUT2D eigenvalue weighted by atomic mass is 10.1. The summed E-state index contributed by atoms with van der Waals surface area (Å²) in [5, 5.41) is 21.3. The number of phenolic OH excluding ortho intramolecular Hbond substituents is 1. The SMILES string of the molecule is O=C(Nc1ccc(-c2cc(C3CC3)n(C(=O)NCc3ccccc3)n2)c(O)c1)c1c(Cl)cccc1Cl. The van der Waals surface area contributed by atoms with Crippen molar-refractivity contribution in [2.24, 2.45) is 0 Å². The maximum Gasteiger partial charge on any atom is 0.342 e. The van der Waals surface area contributed by atoms with Crippen LogP contribution in [0.5, 0.6) is 5.75 Å². The lowest BCUT2D eigenvalue weighted by Gasteiger charge is -2.10. The minimum Gasteiger partial charge on any atom is -0.507 e. The number of anilines is 1. The van der Waals surface area contributed by atoms with Crippen LogP contribution >= 0.6 is 23.2 Å². The van der Waals surface area contributed by atoms with Crippen LogP contribution in [-0.4, -0.2) is 26.8 Å². The lowest BCUT2D eigenvalue weighted by Crippen LogP contribution is -2.30. The zero-order chi connectivity index (χ0) is 25.2. The van der Waals surface area contributed by atoms with E-state index in [0.29, 0.717) is 23.5 Å². The highest BCUT2D eigenvalue weighted by Gasteiger charge is 2.30. The Labute approximate surface area is 217 Å². The van der Waals surface area contributed by atoms with Gasteiger partial charge in [0.05, 0.1) is 27.0 Å². The topological polar surface area (TPSA) is 96.3 Å². The van der Waals surface area contributed by atoms with Crippen LogP contribution in [0.2, 0.25) is 10.0 Å². The van der Waals surface area contributed by atoms with E-state index in [0.717, 1.165) is 24.1 Å². The summed E-state index contributed by atoms with van der Waals surface area (Å²) in [5.74, 6) is -0.322. The van der Waals surface area contributed by atoms with E-state index in [2.05, 4.69) is 15.7 Å². The number of nitrogens with one attached hydrogen (secondary N) is 2. The molecule has 0 spiro atoms. The molecule has 2 amide bonds. The zero-order valence-corrected chi connectivity index (χ0v) is 20.6. The molecule has 0 unspecified atom stereocenters. The molecule has 182 valence electrons. The van der Waals surface area contributed by atoms with Crippen LogP contribution in [0.25, 0.3) is 11.3 Å². The summed E-state index contributed by atoms with van der Waals surface area (Å²) in [6.07, 6.45) is 1.97. The average molecular weight is 521 g/mol. The fourth-order valence-electron chi connectivity index (χ4n) is 3.94. The van der Waals surface area contributed by atoms with Gasteiger partial charge in [0, 0.05) is 29.8 Å². The number of aromatic hydroxyl groups is 1. The Bertz CT molecular complexity index is 1430. The highest BCUT2D eigenvalue weighted by atomic mass is 35.5. The third-order valence-corrected chi connectivity index (χ3v) is 6.56. The monoisotopic (exact) mass is 520 g/mol. The number of hydrogen-bond donors (Lipinski definition) is 3. The molecule has 3 aromatic carbocycles. The molecule has 0 atom stereocenters. The summed E-state index contributed by atoms with van der Waals surface area (Å²) >= 11 is 12.2. The quantitative estimate of drug-likeness (QED) is 0.272. The van der Waals surface area contributed by atoms with Crippen molar-refractivity contribution in [2.45, 2.75) is 25.3 Å². The molecular weight excluding hydrogens is 499 g/mol. The van der Waals surface area contributed by atoms with Crippen LogP contribution in [0.15, 0.2) is 72.8 Å². The summed E-state index contributed by atoms with van der Waals surface area (Å²) in [4.78, 5) is 25.6. The highest BCUT2D eigenvalue weighted by molar-refractivity contribution is 6.40. The molecule has 1 aliphatic carbocycles. The smallest absolute Gasteiger partial charge is 0.342 e. The number of carbonyl (C=O) groups is 2. The van der Waals surface area contributed by atoms with E-state index in [-0.39, 0.29) is 33.3 Å². The van der Waals surface area contributed by atoms with Crippen molar-refractivity contribution in [1.29, 1.82) is 0 Å².